The number of rotatable bonds is 8. The molecule has 6 nitrogen and oxygen atoms in total. The molecule has 0 aliphatic carbocycles. The Labute approximate surface area is 241 Å². The molecule has 192 valence electrons. The second kappa shape index (κ2) is 12.0. The molecule has 0 N–H and O–H groups in total. The van der Waals surface area contributed by atoms with Crippen LogP contribution in [-0.2, 0) is 6.61 Å². The number of nitrogens with zero attached hydrogens (tertiary/aromatic N) is 3. The third-order valence-corrected chi connectivity index (χ3v) is 7.60. The van der Waals surface area contributed by atoms with Gasteiger partial charge in [0.1, 0.15) is 17.5 Å². The highest BCUT2D eigenvalue weighted by molar-refractivity contribution is 9.10. The van der Waals surface area contributed by atoms with Gasteiger partial charge in [-0.25, -0.2) is 4.98 Å². The van der Waals surface area contributed by atoms with Crippen LogP contribution in [-0.4, -0.2) is 22.5 Å². The zero-order chi connectivity index (χ0) is 26.7. The summed E-state index contributed by atoms with van der Waals surface area (Å²) in [5.41, 5.74) is 1.90. The molecule has 0 radical (unpaired) electrons. The van der Waals surface area contributed by atoms with E-state index in [1.54, 1.807) is 30.5 Å². The van der Waals surface area contributed by atoms with Crippen LogP contribution in [0, 0.1) is 0 Å². The molecule has 0 saturated carbocycles. The minimum Gasteiger partial charge on any atom is -0.490 e. The van der Waals surface area contributed by atoms with E-state index in [9.17, 15) is 4.79 Å². The van der Waals surface area contributed by atoms with Crippen LogP contribution in [0.2, 0.25) is 10.0 Å². The molecule has 0 spiro atoms. The van der Waals surface area contributed by atoms with E-state index in [4.69, 9.17) is 32.7 Å². The predicted octanol–water partition coefficient (Wildman–Crippen LogP) is 8.21. The topological polar surface area (TPSA) is 65.7 Å². The number of ether oxygens (including phenoxy) is 2. The second-order valence-corrected chi connectivity index (χ2v) is 10.9. The highest BCUT2D eigenvalue weighted by Gasteiger charge is 2.19. The zero-order valence-electron chi connectivity index (χ0n) is 20.3. The summed E-state index contributed by atoms with van der Waals surface area (Å²) >= 11 is 19.7. The van der Waals surface area contributed by atoms with Crippen molar-refractivity contribution >= 4 is 72.2 Å². The van der Waals surface area contributed by atoms with Gasteiger partial charge in [0.15, 0.2) is 11.5 Å². The SMILES string of the molecule is CCOc1cc(C=Nn2c(C(C)C)nc3ccc(Br)cc3c2=O)c(Br)c(Cl)c1OCc1ccc(Cl)cc1. The maximum Gasteiger partial charge on any atom is 0.282 e. The van der Waals surface area contributed by atoms with Gasteiger partial charge >= 0.3 is 0 Å². The number of fused-ring (bicyclic) bond motifs is 1. The molecule has 0 unspecified atom stereocenters. The van der Waals surface area contributed by atoms with E-state index in [2.05, 4.69) is 41.9 Å². The van der Waals surface area contributed by atoms with E-state index >= 15 is 0 Å². The summed E-state index contributed by atoms with van der Waals surface area (Å²) in [5, 5.41) is 5.96. The van der Waals surface area contributed by atoms with Gasteiger partial charge in [0, 0.05) is 25.4 Å². The molecule has 0 saturated heterocycles. The Hall–Kier alpha value is -2.39. The monoisotopic (exact) mass is 665 g/mol. The lowest BCUT2D eigenvalue weighted by Crippen LogP contribution is -2.23. The van der Waals surface area contributed by atoms with Gasteiger partial charge < -0.3 is 9.47 Å². The molecule has 0 aliphatic rings. The molecule has 3 aromatic carbocycles. The molecule has 1 heterocycles. The molecular formula is C27H23Br2Cl2N3O3. The van der Waals surface area contributed by atoms with Gasteiger partial charge in [-0.2, -0.15) is 9.78 Å². The van der Waals surface area contributed by atoms with Crippen molar-refractivity contribution in [1.29, 1.82) is 0 Å². The van der Waals surface area contributed by atoms with E-state index in [-0.39, 0.29) is 18.1 Å². The number of benzene rings is 3. The zero-order valence-corrected chi connectivity index (χ0v) is 24.9. The van der Waals surface area contributed by atoms with Crippen LogP contribution in [0.3, 0.4) is 0 Å². The Morgan fingerprint density at radius 3 is 2.49 bits per heavy atom. The molecule has 0 atom stereocenters. The summed E-state index contributed by atoms with van der Waals surface area (Å²) in [6.07, 6.45) is 1.56. The Kier molecular flexibility index (Phi) is 8.95. The van der Waals surface area contributed by atoms with Gasteiger partial charge in [0.05, 0.1) is 23.7 Å². The minimum atomic E-state index is -0.263. The average Bonchev–Trinajstić information content (AvgIpc) is 2.87. The van der Waals surface area contributed by atoms with E-state index in [1.807, 2.05) is 45.0 Å². The fourth-order valence-corrected chi connectivity index (χ4v) is 4.74. The molecule has 10 heteroatoms. The Morgan fingerprint density at radius 1 is 1.08 bits per heavy atom. The lowest BCUT2D eigenvalue weighted by Gasteiger charge is -2.16. The molecule has 37 heavy (non-hydrogen) atoms. The van der Waals surface area contributed by atoms with Crippen LogP contribution in [0.4, 0.5) is 0 Å². The number of halogens is 4. The molecule has 0 amide bonds. The number of aromatic nitrogens is 2. The van der Waals surface area contributed by atoms with Crippen LogP contribution in [0.25, 0.3) is 10.9 Å². The molecular weight excluding hydrogens is 645 g/mol. The van der Waals surface area contributed by atoms with E-state index in [1.165, 1.54) is 4.68 Å². The van der Waals surface area contributed by atoms with E-state index in [0.29, 0.717) is 54.9 Å². The standard InChI is InChI=1S/C27H23Br2Cl2N3O3/c1-4-36-22-11-17(23(29)24(31)25(22)37-14-16-5-8-19(30)9-6-16)13-32-34-26(15(2)3)33-21-10-7-18(28)12-20(21)27(34)35/h5-13,15H,4,14H2,1-3H3. The fraction of sp³-hybridized carbons (Fsp3) is 0.222. The van der Waals surface area contributed by atoms with Gasteiger partial charge in [-0.05, 0) is 64.8 Å². The third-order valence-electron chi connectivity index (χ3n) is 5.41. The largest absolute Gasteiger partial charge is 0.490 e. The van der Waals surface area contributed by atoms with Crippen LogP contribution in [0.1, 0.15) is 43.6 Å². The second-order valence-electron chi connectivity index (χ2n) is 8.42. The maximum atomic E-state index is 13.3. The normalized spacial score (nSPS) is 11.6. The first-order chi connectivity index (χ1) is 17.7. The molecule has 4 rings (SSSR count). The smallest absolute Gasteiger partial charge is 0.282 e. The van der Waals surface area contributed by atoms with Crippen molar-refractivity contribution in [3.8, 4) is 11.5 Å². The summed E-state index contributed by atoms with van der Waals surface area (Å²) in [7, 11) is 0. The predicted molar refractivity (Wildman–Crippen MR) is 157 cm³/mol. The van der Waals surface area contributed by atoms with E-state index < -0.39 is 0 Å². The summed E-state index contributed by atoms with van der Waals surface area (Å²) < 4.78 is 14.5. The van der Waals surface area contributed by atoms with E-state index in [0.717, 1.165) is 10.0 Å². The summed E-state index contributed by atoms with van der Waals surface area (Å²) in [6, 6.07) is 14.5. The Bertz CT molecular complexity index is 1540. The first-order valence-corrected chi connectivity index (χ1v) is 13.8. The molecule has 1 aromatic heterocycles. The molecule has 0 aliphatic heterocycles. The van der Waals surface area contributed by atoms with Crippen molar-refractivity contribution in [3.63, 3.8) is 0 Å². The summed E-state index contributed by atoms with van der Waals surface area (Å²) in [5.74, 6) is 1.38. The molecule has 0 bridgehead atoms. The Balaban J connectivity index is 1.75. The van der Waals surface area contributed by atoms with Crippen molar-refractivity contribution in [2.45, 2.75) is 33.3 Å². The minimum absolute atomic E-state index is 0.0347. The van der Waals surface area contributed by atoms with Crippen molar-refractivity contribution in [2.24, 2.45) is 5.10 Å². The van der Waals surface area contributed by atoms with Crippen LogP contribution in [0.15, 0.2) is 67.4 Å². The van der Waals surface area contributed by atoms with Crippen molar-refractivity contribution in [1.82, 2.24) is 9.66 Å². The van der Waals surface area contributed by atoms with Crippen LogP contribution < -0.4 is 15.0 Å². The van der Waals surface area contributed by atoms with Gasteiger partial charge in [-0.3, -0.25) is 4.79 Å². The van der Waals surface area contributed by atoms with Crippen molar-refractivity contribution < 1.29 is 9.47 Å². The maximum absolute atomic E-state index is 13.3. The first-order valence-electron chi connectivity index (χ1n) is 11.5. The number of hydrogen-bond donors (Lipinski definition) is 0. The quantitative estimate of drug-likeness (QED) is 0.178. The molecule has 0 fully saturated rings. The first kappa shape index (κ1) is 27.6. The van der Waals surface area contributed by atoms with Crippen LogP contribution >= 0.6 is 55.1 Å². The Morgan fingerprint density at radius 2 is 1.81 bits per heavy atom. The van der Waals surface area contributed by atoms with Gasteiger partial charge in [-0.15, -0.1) is 0 Å². The van der Waals surface area contributed by atoms with Gasteiger partial charge in [-0.1, -0.05) is 65.1 Å². The van der Waals surface area contributed by atoms with Gasteiger partial charge in [0.25, 0.3) is 5.56 Å². The van der Waals surface area contributed by atoms with Crippen LogP contribution in [0.5, 0.6) is 11.5 Å². The highest BCUT2D eigenvalue weighted by atomic mass is 79.9. The van der Waals surface area contributed by atoms with Crippen molar-refractivity contribution in [3.05, 3.63) is 94.8 Å². The van der Waals surface area contributed by atoms with Crippen molar-refractivity contribution in [2.75, 3.05) is 6.61 Å². The summed E-state index contributed by atoms with van der Waals surface area (Å²) in [4.78, 5) is 18.0. The molecule has 4 aromatic rings. The third kappa shape index (κ3) is 6.20. The lowest BCUT2D eigenvalue weighted by molar-refractivity contribution is 0.269. The highest BCUT2D eigenvalue weighted by Crippen LogP contribution is 2.42. The van der Waals surface area contributed by atoms with Gasteiger partial charge in [0.2, 0.25) is 0 Å². The lowest BCUT2D eigenvalue weighted by atomic mass is 10.2. The summed E-state index contributed by atoms with van der Waals surface area (Å²) in [6.45, 7) is 6.49. The fourth-order valence-electron chi connectivity index (χ4n) is 3.60. The average molecular weight is 668 g/mol. The number of hydrogen-bond acceptors (Lipinski definition) is 5.